The molecule has 17 heavy (non-hydrogen) atoms. The quantitative estimate of drug-likeness (QED) is 0.748. The summed E-state index contributed by atoms with van der Waals surface area (Å²) in [6.45, 7) is 5.45. The van der Waals surface area contributed by atoms with Gasteiger partial charge in [0.1, 0.15) is 11.9 Å². The van der Waals surface area contributed by atoms with Crippen LogP contribution in [0.3, 0.4) is 0 Å². The van der Waals surface area contributed by atoms with E-state index < -0.39 is 0 Å². The molecule has 0 N–H and O–H groups in total. The van der Waals surface area contributed by atoms with E-state index in [9.17, 15) is 4.39 Å². The monoisotopic (exact) mass is 234 g/mol. The van der Waals surface area contributed by atoms with Crippen molar-refractivity contribution in [1.29, 1.82) is 5.26 Å². The van der Waals surface area contributed by atoms with E-state index in [2.05, 4.69) is 4.90 Å². The van der Waals surface area contributed by atoms with Crippen molar-refractivity contribution < 1.29 is 9.13 Å². The number of halogens is 1. The van der Waals surface area contributed by atoms with Crippen molar-refractivity contribution >= 4 is 5.69 Å². The molecule has 1 aromatic carbocycles. The van der Waals surface area contributed by atoms with Gasteiger partial charge in [0.05, 0.1) is 23.5 Å². The van der Waals surface area contributed by atoms with E-state index in [1.165, 1.54) is 12.1 Å². The van der Waals surface area contributed by atoms with Crippen molar-refractivity contribution in [2.24, 2.45) is 0 Å². The second kappa shape index (κ2) is 4.72. The highest BCUT2D eigenvalue weighted by Crippen LogP contribution is 2.24. The number of ether oxygens (including phenoxy) is 1. The Kier molecular flexibility index (Phi) is 3.30. The number of hydrogen-bond acceptors (Lipinski definition) is 3. The fourth-order valence-corrected chi connectivity index (χ4v) is 2.25. The molecule has 1 fully saturated rings. The normalized spacial score (nSPS) is 24.5. The van der Waals surface area contributed by atoms with Crippen molar-refractivity contribution in [2.75, 3.05) is 18.0 Å². The Hall–Kier alpha value is -1.60. The van der Waals surface area contributed by atoms with Crippen LogP contribution in [0.5, 0.6) is 0 Å². The Morgan fingerprint density at radius 3 is 2.59 bits per heavy atom. The summed E-state index contributed by atoms with van der Waals surface area (Å²) >= 11 is 0. The molecule has 0 spiro atoms. The van der Waals surface area contributed by atoms with Gasteiger partial charge < -0.3 is 9.64 Å². The first-order valence-electron chi connectivity index (χ1n) is 5.70. The third kappa shape index (κ3) is 2.56. The van der Waals surface area contributed by atoms with E-state index in [4.69, 9.17) is 10.00 Å². The maximum Gasteiger partial charge on any atom is 0.124 e. The van der Waals surface area contributed by atoms with Gasteiger partial charge >= 0.3 is 0 Å². The van der Waals surface area contributed by atoms with Crippen LogP contribution in [0.15, 0.2) is 18.2 Å². The highest BCUT2D eigenvalue weighted by Gasteiger charge is 2.24. The number of morpholine rings is 1. The fourth-order valence-electron chi connectivity index (χ4n) is 2.25. The molecule has 0 radical (unpaired) electrons. The predicted molar refractivity (Wildman–Crippen MR) is 63.3 cm³/mol. The number of hydrogen-bond donors (Lipinski definition) is 0. The molecule has 0 unspecified atom stereocenters. The molecule has 0 aromatic heterocycles. The molecular weight excluding hydrogens is 219 g/mol. The van der Waals surface area contributed by atoms with E-state index in [0.717, 1.165) is 18.8 Å². The standard InChI is InChI=1S/C13H15FN2O/c1-9-7-16(8-10(2)17-9)13-4-3-12(14)5-11(13)6-15/h3-5,9-10H,7-8H2,1-2H3/t9-,10+. The Morgan fingerprint density at radius 2 is 2.00 bits per heavy atom. The van der Waals surface area contributed by atoms with Crippen molar-refractivity contribution in [3.05, 3.63) is 29.6 Å². The molecule has 1 saturated heterocycles. The van der Waals surface area contributed by atoms with Gasteiger partial charge in [-0.15, -0.1) is 0 Å². The molecule has 4 heteroatoms. The van der Waals surface area contributed by atoms with Gasteiger partial charge in [0, 0.05) is 13.1 Å². The van der Waals surface area contributed by atoms with Crippen molar-refractivity contribution in [2.45, 2.75) is 26.1 Å². The highest BCUT2D eigenvalue weighted by atomic mass is 19.1. The Labute approximate surface area is 100 Å². The summed E-state index contributed by atoms with van der Waals surface area (Å²) in [5, 5.41) is 9.03. The molecule has 2 atom stereocenters. The van der Waals surface area contributed by atoms with E-state index in [1.807, 2.05) is 19.9 Å². The van der Waals surface area contributed by atoms with Crippen LogP contribution in [0.25, 0.3) is 0 Å². The van der Waals surface area contributed by atoms with Crippen molar-refractivity contribution in [3.63, 3.8) is 0 Å². The molecule has 1 aliphatic rings. The highest BCUT2D eigenvalue weighted by molar-refractivity contribution is 5.59. The second-order valence-corrected chi connectivity index (χ2v) is 4.44. The van der Waals surface area contributed by atoms with Crippen LogP contribution >= 0.6 is 0 Å². The molecule has 0 saturated carbocycles. The molecule has 2 rings (SSSR count). The lowest BCUT2D eigenvalue weighted by Crippen LogP contribution is -2.45. The first-order valence-corrected chi connectivity index (χ1v) is 5.70. The zero-order valence-corrected chi connectivity index (χ0v) is 9.98. The molecule has 1 aliphatic heterocycles. The summed E-state index contributed by atoms with van der Waals surface area (Å²) in [4.78, 5) is 2.08. The number of rotatable bonds is 1. The van der Waals surface area contributed by atoms with Gasteiger partial charge in [-0.2, -0.15) is 5.26 Å². The lowest BCUT2D eigenvalue weighted by molar-refractivity contribution is -0.00523. The van der Waals surface area contributed by atoms with Crippen molar-refractivity contribution in [3.8, 4) is 6.07 Å². The third-order valence-corrected chi connectivity index (χ3v) is 2.84. The van der Waals surface area contributed by atoms with Gasteiger partial charge in [-0.3, -0.25) is 0 Å². The lowest BCUT2D eigenvalue weighted by Gasteiger charge is -2.37. The molecule has 90 valence electrons. The van der Waals surface area contributed by atoms with E-state index in [-0.39, 0.29) is 18.0 Å². The first-order chi connectivity index (χ1) is 8.10. The fraction of sp³-hybridized carbons (Fsp3) is 0.462. The number of nitriles is 1. The largest absolute Gasteiger partial charge is 0.372 e. The molecule has 1 heterocycles. The molecule has 0 amide bonds. The maximum atomic E-state index is 13.1. The topological polar surface area (TPSA) is 36.3 Å². The minimum Gasteiger partial charge on any atom is -0.372 e. The summed E-state index contributed by atoms with van der Waals surface area (Å²) in [6, 6.07) is 6.37. The van der Waals surface area contributed by atoms with Crippen LogP contribution in [-0.2, 0) is 4.74 Å². The molecular formula is C13H15FN2O. The van der Waals surface area contributed by atoms with Crippen LogP contribution in [0, 0.1) is 17.1 Å². The summed E-state index contributed by atoms with van der Waals surface area (Å²) in [5.74, 6) is -0.375. The van der Waals surface area contributed by atoms with Gasteiger partial charge in [-0.1, -0.05) is 0 Å². The first kappa shape index (κ1) is 11.9. The Balaban J connectivity index is 2.30. The Bertz CT molecular complexity index is 445. The average molecular weight is 234 g/mol. The number of benzene rings is 1. The van der Waals surface area contributed by atoms with Crippen LogP contribution in [0.4, 0.5) is 10.1 Å². The zero-order chi connectivity index (χ0) is 12.4. The average Bonchev–Trinajstić information content (AvgIpc) is 2.27. The van der Waals surface area contributed by atoms with E-state index >= 15 is 0 Å². The van der Waals surface area contributed by atoms with Gasteiger partial charge in [-0.25, -0.2) is 4.39 Å². The zero-order valence-electron chi connectivity index (χ0n) is 9.98. The van der Waals surface area contributed by atoms with Gasteiger partial charge in [0.2, 0.25) is 0 Å². The lowest BCUT2D eigenvalue weighted by atomic mass is 10.1. The molecule has 0 bridgehead atoms. The van der Waals surface area contributed by atoms with E-state index in [0.29, 0.717) is 5.56 Å². The van der Waals surface area contributed by atoms with Gasteiger partial charge in [-0.05, 0) is 32.0 Å². The predicted octanol–water partition coefficient (Wildman–Crippen LogP) is 2.31. The Morgan fingerprint density at radius 1 is 1.35 bits per heavy atom. The maximum absolute atomic E-state index is 13.1. The van der Waals surface area contributed by atoms with Crippen LogP contribution < -0.4 is 4.90 Å². The molecule has 0 aliphatic carbocycles. The summed E-state index contributed by atoms with van der Waals surface area (Å²) in [5.41, 5.74) is 1.17. The number of nitrogens with zero attached hydrogens (tertiary/aromatic N) is 2. The van der Waals surface area contributed by atoms with Crippen LogP contribution in [-0.4, -0.2) is 25.3 Å². The second-order valence-electron chi connectivity index (χ2n) is 4.44. The number of anilines is 1. The van der Waals surface area contributed by atoms with Crippen LogP contribution in [0.1, 0.15) is 19.4 Å². The van der Waals surface area contributed by atoms with Crippen LogP contribution in [0.2, 0.25) is 0 Å². The summed E-state index contributed by atoms with van der Waals surface area (Å²) in [6.07, 6.45) is 0.241. The summed E-state index contributed by atoms with van der Waals surface area (Å²) < 4.78 is 18.7. The molecule has 1 aromatic rings. The smallest absolute Gasteiger partial charge is 0.124 e. The SMILES string of the molecule is C[C@@H]1CN(c2ccc(F)cc2C#N)C[C@H](C)O1. The summed E-state index contributed by atoms with van der Waals surface area (Å²) in [7, 11) is 0. The minimum atomic E-state index is -0.375. The molecule has 3 nitrogen and oxygen atoms in total. The minimum absolute atomic E-state index is 0.121. The van der Waals surface area contributed by atoms with Crippen molar-refractivity contribution in [1.82, 2.24) is 0 Å². The van der Waals surface area contributed by atoms with Gasteiger partial charge in [0.15, 0.2) is 0 Å². The third-order valence-electron chi connectivity index (χ3n) is 2.84. The van der Waals surface area contributed by atoms with E-state index in [1.54, 1.807) is 6.07 Å². The van der Waals surface area contributed by atoms with Gasteiger partial charge in [0.25, 0.3) is 0 Å².